The van der Waals surface area contributed by atoms with Crippen molar-refractivity contribution in [3.05, 3.63) is 29.3 Å². The van der Waals surface area contributed by atoms with Crippen LogP contribution in [0.2, 0.25) is 0 Å². The lowest BCUT2D eigenvalue weighted by Crippen LogP contribution is -2.06. The number of aryl methyl sites for hydroxylation is 1. The Morgan fingerprint density at radius 2 is 2.16 bits per heavy atom. The number of carbonyl (C=O) groups excluding carboxylic acids is 1. The number of hydrogen-bond acceptors (Lipinski definition) is 5. The van der Waals surface area contributed by atoms with Gasteiger partial charge in [-0.05, 0) is 31.0 Å². The molecular weight excluding hydrogens is 264 g/mol. The molecule has 4 nitrogen and oxygen atoms in total. The predicted octanol–water partition coefficient (Wildman–Crippen LogP) is 2.77. The van der Waals surface area contributed by atoms with Gasteiger partial charge in [-0.1, -0.05) is 12.1 Å². The van der Waals surface area contributed by atoms with Crippen LogP contribution in [-0.4, -0.2) is 32.2 Å². The maximum atomic E-state index is 11.2. The molecule has 1 rings (SSSR count). The molecule has 0 saturated carbocycles. The van der Waals surface area contributed by atoms with Gasteiger partial charge in [0, 0.05) is 12.9 Å². The first-order valence-corrected chi connectivity index (χ1v) is 7.27. The Labute approximate surface area is 118 Å². The first kappa shape index (κ1) is 15.9. The van der Waals surface area contributed by atoms with Crippen LogP contribution in [0.3, 0.4) is 0 Å². The molecule has 0 fully saturated rings. The van der Waals surface area contributed by atoms with Gasteiger partial charge >= 0.3 is 5.97 Å². The van der Waals surface area contributed by atoms with Gasteiger partial charge in [-0.15, -0.1) is 11.8 Å². The lowest BCUT2D eigenvalue weighted by atomic mass is 10.1. The van der Waals surface area contributed by atoms with Gasteiger partial charge in [0.15, 0.2) is 6.79 Å². The zero-order valence-corrected chi connectivity index (χ0v) is 12.4. The Morgan fingerprint density at radius 3 is 2.84 bits per heavy atom. The van der Waals surface area contributed by atoms with Gasteiger partial charge in [-0.2, -0.15) is 0 Å². The largest absolute Gasteiger partial charge is 0.467 e. The third kappa shape index (κ3) is 5.98. The van der Waals surface area contributed by atoms with E-state index in [-0.39, 0.29) is 12.8 Å². The first-order chi connectivity index (χ1) is 9.17. The second-order valence-corrected chi connectivity index (χ2v) is 4.93. The highest BCUT2D eigenvalue weighted by Crippen LogP contribution is 2.22. The highest BCUT2D eigenvalue weighted by molar-refractivity contribution is 7.99. The summed E-state index contributed by atoms with van der Waals surface area (Å²) >= 11 is 1.53. The van der Waals surface area contributed by atoms with E-state index in [1.54, 1.807) is 7.11 Å². The average Bonchev–Trinajstić information content (AvgIpc) is 2.39. The summed E-state index contributed by atoms with van der Waals surface area (Å²) < 4.78 is 15.2. The molecule has 1 aromatic rings. The summed E-state index contributed by atoms with van der Waals surface area (Å²) in [6.45, 7) is 4.46. The molecule has 0 bridgehead atoms. The quantitative estimate of drug-likeness (QED) is 0.542. The number of carbonyl (C=O) groups is 1. The summed E-state index contributed by atoms with van der Waals surface area (Å²) in [7, 11) is 1.59. The molecular formula is C14H20O4S. The fourth-order valence-electron chi connectivity index (χ4n) is 1.47. The van der Waals surface area contributed by atoms with Crippen LogP contribution in [0.4, 0.5) is 0 Å². The molecule has 19 heavy (non-hydrogen) atoms. The zero-order valence-electron chi connectivity index (χ0n) is 11.6. The van der Waals surface area contributed by atoms with Crippen LogP contribution in [0.5, 0.6) is 5.75 Å². The number of methoxy groups -OCH3 is 1. The Bertz CT molecular complexity index is 406. The maximum absolute atomic E-state index is 11.2. The van der Waals surface area contributed by atoms with Crippen molar-refractivity contribution in [2.75, 3.05) is 26.3 Å². The summed E-state index contributed by atoms with van der Waals surface area (Å²) in [5, 5.41) is 0. The van der Waals surface area contributed by atoms with E-state index in [0.29, 0.717) is 12.4 Å². The number of thioether (sulfide) groups is 1. The van der Waals surface area contributed by atoms with E-state index in [4.69, 9.17) is 14.2 Å². The Hall–Kier alpha value is -1.20. The molecule has 0 aliphatic heterocycles. The molecule has 0 spiro atoms. The second-order valence-electron chi connectivity index (χ2n) is 3.95. The molecule has 0 unspecified atom stereocenters. The van der Waals surface area contributed by atoms with Crippen LogP contribution in [0.1, 0.15) is 18.1 Å². The van der Waals surface area contributed by atoms with Crippen LogP contribution in [-0.2, 0) is 20.0 Å². The molecule has 0 radical (unpaired) electrons. The minimum absolute atomic E-state index is 0.171. The van der Waals surface area contributed by atoms with Gasteiger partial charge in [0.25, 0.3) is 0 Å². The van der Waals surface area contributed by atoms with Crippen molar-refractivity contribution in [2.45, 2.75) is 19.6 Å². The maximum Gasteiger partial charge on any atom is 0.315 e. The van der Waals surface area contributed by atoms with Gasteiger partial charge in [-0.3, -0.25) is 4.79 Å². The van der Waals surface area contributed by atoms with Crippen molar-refractivity contribution in [3.8, 4) is 5.75 Å². The molecule has 0 aliphatic carbocycles. The lowest BCUT2D eigenvalue weighted by molar-refractivity contribution is -0.139. The molecule has 0 saturated heterocycles. The summed E-state index contributed by atoms with van der Waals surface area (Å²) in [6.07, 6.45) is 0. The van der Waals surface area contributed by atoms with E-state index in [0.717, 1.165) is 22.6 Å². The minimum Gasteiger partial charge on any atom is -0.467 e. The Balaban J connectivity index is 2.47. The highest BCUT2D eigenvalue weighted by Gasteiger charge is 2.05. The van der Waals surface area contributed by atoms with Crippen molar-refractivity contribution < 1.29 is 19.0 Å². The predicted molar refractivity (Wildman–Crippen MR) is 76.5 cm³/mol. The fraction of sp³-hybridized carbons (Fsp3) is 0.500. The molecule has 1 aromatic carbocycles. The van der Waals surface area contributed by atoms with E-state index in [2.05, 4.69) is 0 Å². The van der Waals surface area contributed by atoms with Crippen molar-refractivity contribution in [3.63, 3.8) is 0 Å². The summed E-state index contributed by atoms with van der Waals surface area (Å²) in [5.41, 5.74) is 2.18. The van der Waals surface area contributed by atoms with Gasteiger partial charge in [0.2, 0.25) is 0 Å². The molecule has 106 valence electrons. The lowest BCUT2D eigenvalue weighted by Gasteiger charge is -2.10. The highest BCUT2D eigenvalue weighted by atomic mass is 32.2. The molecule has 0 aromatic heterocycles. The topological polar surface area (TPSA) is 44.8 Å². The van der Waals surface area contributed by atoms with Crippen LogP contribution < -0.4 is 4.74 Å². The van der Waals surface area contributed by atoms with E-state index < -0.39 is 0 Å². The summed E-state index contributed by atoms with van der Waals surface area (Å²) in [4.78, 5) is 11.2. The van der Waals surface area contributed by atoms with Gasteiger partial charge in [0.05, 0.1) is 12.4 Å². The summed E-state index contributed by atoms with van der Waals surface area (Å²) in [6, 6.07) is 6.02. The number of rotatable bonds is 8. The number of esters is 1. The fourth-order valence-corrected chi connectivity index (χ4v) is 2.23. The SMILES string of the molecule is CCOC(=O)CSCc1ccc(C)c(OCOC)c1. The van der Waals surface area contributed by atoms with E-state index in [9.17, 15) is 4.79 Å². The van der Waals surface area contributed by atoms with Crippen molar-refractivity contribution in [2.24, 2.45) is 0 Å². The van der Waals surface area contributed by atoms with E-state index in [1.807, 2.05) is 32.0 Å². The molecule has 0 atom stereocenters. The van der Waals surface area contributed by atoms with E-state index >= 15 is 0 Å². The zero-order chi connectivity index (χ0) is 14.1. The van der Waals surface area contributed by atoms with Gasteiger partial charge < -0.3 is 14.2 Å². The molecule has 0 N–H and O–H groups in total. The first-order valence-electron chi connectivity index (χ1n) is 6.12. The standard InChI is InChI=1S/C14H20O4S/c1-4-17-14(15)9-19-8-12-6-5-11(2)13(7-12)18-10-16-3/h5-7H,4,8-10H2,1-3H3. The smallest absolute Gasteiger partial charge is 0.315 e. The molecule has 5 heteroatoms. The van der Waals surface area contributed by atoms with Crippen LogP contribution >= 0.6 is 11.8 Å². The third-order valence-electron chi connectivity index (χ3n) is 2.38. The van der Waals surface area contributed by atoms with Crippen molar-refractivity contribution >= 4 is 17.7 Å². The Kier molecular flexibility index (Phi) is 7.36. The van der Waals surface area contributed by atoms with Crippen LogP contribution in [0.25, 0.3) is 0 Å². The average molecular weight is 284 g/mol. The van der Waals surface area contributed by atoms with Crippen LogP contribution in [0.15, 0.2) is 18.2 Å². The van der Waals surface area contributed by atoms with Crippen LogP contribution in [0, 0.1) is 6.92 Å². The molecule has 0 aliphatic rings. The number of benzene rings is 1. The van der Waals surface area contributed by atoms with Gasteiger partial charge in [-0.25, -0.2) is 0 Å². The number of hydrogen-bond donors (Lipinski definition) is 0. The summed E-state index contributed by atoms with van der Waals surface area (Å²) in [5.74, 6) is 1.77. The minimum atomic E-state index is -0.171. The Morgan fingerprint density at radius 1 is 1.37 bits per heavy atom. The van der Waals surface area contributed by atoms with Crippen molar-refractivity contribution in [1.82, 2.24) is 0 Å². The number of ether oxygens (including phenoxy) is 3. The monoisotopic (exact) mass is 284 g/mol. The third-order valence-corrected chi connectivity index (χ3v) is 3.36. The molecule has 0 heterocycles. The normalized spacial score (nSPS) is 10.3. The van der Waals surface area contributed by atoms with E-state index in [1.165, 1.54) is 11.8 Å². The van der Waals surface area contributed by atoms with Gasteiger partial charge in [0.1, 0.15) is 5.75 Å². The van der Waals surface area contributed by atoms with Crippen molar-refractivity contribution in [1.29, 1.82) is 0 Å². The second kappa shape index (κ2) is 8.82. The molecule has 0 amide bonds.